The van der Waals surface area contributed by atoms with Crippen LogP contribution in [0.4, 0.5) is 4.79 Å². The lowest BCUT2D eigenvalue weighted by molar-refractivity contribution is -0.143. The second-order valence-electron chi connectivity index (χ2n) is 17.8. The molecule has 338 valence electrons. The van der Waals surface area contributed by atoms with Gasteiger partial charge in [-0.05, 0) is 88.3 Å². The molecule has 0 heterocycles. The summed E-state index contributed by atoms with van der Waals surface area (Å²) in [6, 6.07) is 13.9. The molecule has 12 heteroatoms. The summed E-state index contributed by atoms with van der Waals surface area (Å²) in [7, 11) is 0. The summed E-state index contributed by atoms with van der Waals surface area (Å²) in [4.78, 5) is 91.0. The highest BCUT2D eigenvalue weighted by Crippen LogP contribution is 2.23. The van der Waals surface area contributed by atoms with Crippen LogP contribution in [0.5, 0.6) is 0 Å². The van der Waals surface area contributed by atoms with Crippen LogP contribution in [0.2, 0.25) is 0 Å². The Morgan fingerprint density at radius 2 is 1.30 bits per heavy atom. The van der Waals surface area contributed by atoms with Crippen LogP contribution in [0.25, 0.3) is 11.1 Å². The molecule has 0 unspecified atom stereocenters. The number of ketones is 3. The number of rotatable bonds is 29. The van der Waals surface area contributed by atoms with E-state index in [2.05, 4.69) is 47.1 Å². The first-order valence-electron chi connectivity index (χ1n) is 22.4. The predicted octanol–water partition coefficient (Wildman–Crippen LogP) is 9.21. The van der Waals surface area contributed by atoms with Crippen molar-refractivity contribution in [3.63, 3.8) is 0 Å². The first-order valence-corrected chi connectivity index (χ1v) is 22.4. The fourth-order valence-corrected chi connectivity index (χ4v) is 6.98. The summed E-state index contributed by atoms with van der Waals surface area (Å²) in [5.74, 6) is -4.39. The molecular formula is C49H73N3O9. The van der Waals surface area contributed by atoms with Gasteiger partial charge in [-0.1, -0.05) is 109 Å². The number of alkyl carbamates (subject to hydrolysis) is 1. The van der Waals surface area contributed by atoms with Gasteiger partial charge >= 0.3 is 12.1 Å². The highest BCUT2D eigenvalue weighted by Gasteiger charge is 2.30. The molecule has 0 aromatic heterocycles. The van der Waals surface area contributed by atoms with E-state index >= 15 is 0 Å². The van der Waals surface area contributed by atoms with Crippen molar-refractivity contribution in [2.45, 2.75) is 169 Å². The van der Waals surface area contributed by atoms with Gasteiger partial charge in [0.15, 0.2) is 11.6 Å². The van der Waals surface area contributed by atoms with Gasteiger partial charge in [0.05, 0.1) is 6.04 Å². The van der Waals surface area contributed by atoms with Crippen LogP contribution >= 0.6 is 0 Å². The van der Waals surface area contributed by atoms with Crippen LogP contribution in [0, 0.1) is 17.8 Å². The summed E-state index contributed by atoms with van der Waals surface area (Å²) >= 11 is 0. The molecule has 0 saturated heterocycles. The number of aliphatic carboxylic acids is 1. The quantitative estimate of drug-likeness (QED) is 0.0458. The van der Waals surface area contributed by atoms with E-state index in [0.717, 1.165) is 43.2 Å². The molecule has 0 aliphatic rings. The Hall–Kier alpha value is -4.87. The molecule has 0 aliphatic carbocycles. The average Bonchev–Trinajstić information content (AvgIpc) is 3.19. The Kier molecular flexibility index (Phi) is 23.3. The molecule has 2 aromatic carbocycles. The number of Topliss-reactive ketones (excluding diaryl/α,β-unsaturated/α-hetero) is 3. The van der Waals surface area contributed by atoms with Gasteiger partial charge in [0, 0.05) is 49.6 Å². The second-order valence-corrected chi connectivity index (χ2v) is 17.8. The number of carboxylic acids is 1. The highest BCUT2D eigenvalue weighted by atomic mass is 16.6. The molecule has 0 fully saturated rings. The summed E-state index contributed by atoms with van der Waals surface area (Å²) in [5.41, 5.74) is 3.29. The van der Waals surface area contributed by atoms with Crippen molar-refractivity contribution in [1.29, 1.82) is 0 Å². The number of benzene rings is 2. The molecule has 12 nitrogen and oxygen atoms in total. The molecule has 3 amide bonds. The van der Waals surface area contributed by atoms with Crippen LogP contribution in [0.1, 0.15) is 161 Å². The Balaban J connectivity index is 2.09. The van der Waals surface area contributed by atoms with E-state index in [1.165, 1.54) is 12.5 Å². The third-order valence-corrected chi connectivity index (χ3v) is 10.5. The molecule has 4 atom stereocenters. The van der Waals surface area contributed by atoms with E-state index in [4.69, 9.17) is 4.74 Å². The van der Waals surface area contributed by atoms with Gasteiger partial charge in [-0.2, -0.15) is 0 Å². The van der Waals surface area contributed by atoms with Gasteiger partial charge in [-0.25, -0.2) is 9.59 Å². The molecule has 2 rings (SSSR count). The van der Waals surface area contributed by atoms with Gasteiger partial charge in [0.1, 0.15) is 17.4 Å². The standard InChI is InChI=1S/C49H73N3O9/c1-9-11-13-17-39(32-40(53)18-14-20-43(54)38-27-25-37(26-28-38)36-23-21-35(22-24-36)16-12-10-2)46(57)51-41(19-15-29-50-48(60)61-49(6,7)8)44(55)31-34(5)45(56)52-42(47(58)59)30-33(3)4/h21-28,33-34,39,41-42H,9-20,29-32H2,1-8H3,(H,50,60)(H,51,57)(H,52,56)(H,58,59)/t34-,39-,41+,42+/m1/s1. The molecule has 2 aromatic rings. The zero-order chi connectivity index (χ0) is 45.5. The van der Waals surface area contributed by atoms with Crippen molar-refractivity contribution in [1.82, 2.24) is 16.0 Å². The maximum atomic E-state index is 13.9. The Labute approximate surface area is 364 Å². The van der Waals surface area contributed by atoms with Crippen molar-refractivity contribution in [3.8, 4) is 11.1 Å². The van der Waals surface area contributed by atoms with Crippen LogP contribution in [0.15, 0.2) is 48.5 Å². The maximum Gasteiger partial charge on any atom is 0.407 e. The predicted molar refractivity (Wildman–Crippen MR) is 239 cm³/mol. The van der Waals surface area contributed by atoms with Crippen molar-refractivity contribution in [2.24, 2.45) is 17.8 Å². The van der Waals surface area contributed by atoms with E-state index < -0.39 is 59.2 Å². The Morgan fingerprint density at radius 1 is 0.689 bits per heavy atom. The fourth-order valence-electron chi connectivity index (χ4n) is 6.98. The van der Waals surface area contributed by atoms with Gasteiger partial charge in [-0.15, -0.1) is 0 Å². The van der Waals surface area contributed by atoms with Crippen LogP contribution in [-0.2, 0) is 35.1 Å². The minimum atomic E-state index is -1.16. The van der Waals surface area contributed by atoms with Crippen LogP contribution in [0.3, 0.4) is 0 Å². The maximum absolute atomic E-state index is 13.9. The van der Waals surface area contributed by atoms with E-state index in [-0.39, 0.29) is 62.6 Å². The van der Waals surface area contributed by atoms with E-state index in [1.807, 2.05) is 45.0 Å². The lowest BCUT2D eigenvalue weighted by Crippen LogP contribution is -2.47. The van der Waals surface area contributed by atoms with E-state index in [0.29, 0.717) is 31.2 Å². The molecule has 0 aliphatic heterocycles. The molecule has 0 bridgehead atoms. The monoisotopic (exact) mass is 848 g/mol. The molecule has 0 spiro atoms. The molecule has 0 radical (unpaired) electrons. The third kappa shape index (κ3) is 21.0. The van der Waals surface area contributed by atoms with Crippen molar-refractivity contribution in [2.75, 3.05) is 6.54 Å². The second kappa shape index (κ2) is 27.2. The Morgan fingerprint density at radius 3 is 1.87 bits per heavy atom. The number of nitrogens with one attached hydrogen (secondary N) is 3. The summed E-state index contributed by atoms with van der Waals surface area (Å²) < 4.78 is 5.29. The Bertz CT molecular complexity index is 1710. The lowest BCUT2D eigenvalue weighted by Gasteiger charge is -2.24. The smallest absolute Gasteiger partial charge is 0.407 e. The third-order valence-electron chi connectivity index (χ3n) is 10.5. The fraction of sp³-hybridized carbons (Fsp3) is 0.612. The first-order chi connectivity index (χ1) is 28.8. The average molecular weight is 848 g/mol. The van der Waals surface area contributed by atoms with E-state index in [1.54, 1.807) is 20.8 Å². The minimum absolute atomic E-state index is 0.0133. The van der Waals surface area contributed by atoms with Gasteiger partial charge in [0.25, 0.3) is 0 Å². The van der Waals surface area contributed by atoms with Crippen LogP contribution < -0.4 is 16.0 Å². The molecular weight excluding hydrogens is 775 g/mol. The molecule has 61 heavy (non-hydrogen) atoms. The van der Waals surface area contributed by atoms with Gasteiger partial charge in [-0.3, -0.25) is 24.0 Å². The summed E-state index contributed by atoms with van der Waals surface area (Å²) in [6.07, 6.45) is 6.67. The zero-order valence-corrected chi connectivity index (χ0v) is 38.0. The van der Waals surface area contributed by atoms with Crippen LogP contribution in [-0.4, -0.2) is 70.6 Å². The highest BCUT2D eigenvalue weighted by molar-refractivity contribution is 5.97. The SMILES string of the molecule is CCCCC[C@H](CC(=O)CCCC(=O)c1ccc(-c2ccc(CCCC)cc2)cc1)C(=O)N[C@@H](CCCNC(=O)OC(C)(C)C)C(=O)C[C@@H](C)C(=O)N[C@@H](CC(C)C)C(=O)O. The van der Waals surface area contributed by atoms with E-state index in [9.17, 15) is 38.7 Å². The number of amides is 3. The molecule has 4 N–H and O–H groups in total. The molecule has 0 saturated carbocycles. The summed E-state index contributed by atoms with van der Waals surface area (Å²) in [6.45, 7) is 14.8. The topological polar surface area (TPSA) is 185 Å². The van der Waals surface area contributed by atoms with Crippen molar-refractivity contribution >= 4 is 41.2 Å². The normalized spacial score (nSPS) is 13.4. The van der Waals surface area contributed by atoms with Crippen molar-refractivity contribution in [3.05, 3.63) is 59.7 Å². The number of unbranched alkanes of at least 4 members (excludes halogenated alkanes) is 3. The van der Waals surface area contributed by atoms with Gasteiger partial charge in [0.2, 0.25) is 11.8 Å². The van der Waals surface area contributed by atoms with Gasteiger partial charge < -0.3 is 25.8 Å². The number of hydrogen-bond donors (Lipinski definition) is 4. The zero-order valence-electron chi connectivity index (χ0n) is 38.0. The van der Waals surface area contributed by atoms with Crippen molar-refractivity contribution < 1.29 is 43.4 Å². The summed E-state index contributed by atoms with van der Waals surface area (Å²) in [5, 5.41) is 17.7. The number of carboxylic acid groups (broad SMARTS) is 1. The first kappa shape index (κ1) is 52.3. The number of hydrogen-bond acceptors (Lipinski definition) is 8. The number of aryl methyl sites for hydroxylation is 1. The number of carbonyl (C=O) groups is 7. The lowest BCUT2D eigenvalue weighted by atomic mass is 9.91. The number of ether oxygens (including phenoxy) is 1. The minimum Gasteiger partial charge on any atom is -0.480 e. The largest absolute Gasteiger partial charge is 0.480 e. The number of carbonyl (C=O) groups excluding carboxylic acids is 6.